The zero-order valence-corrected chi connectivity index (χ0v) is 18.9. The summed E-state index contributed by atoms with van der Waals surface area (Å²) in [4.78, 5) is 21.6. The first-order valence-corrected chi connectivity index (χ1v) is 11.2. The van der Waals surface area contributed by atoms with Gasteiger partial charge in [-0.1, -0.05) is 17.7 Å². The molecule has 0 bridgehead atoms. The van der Waals surface area contributed by atoms with Gasteiger partial charge in [0.05, 0.1) is 17.3 Å². The van der Waals surface area contributed by atoms with Gasteiger partial charge in [-0.2, -0.15) is 5.10 Å². The number of carbonyl (C=O) groups excluding carboxylic acids is 1. The number of piperazine rings is 1. The number of aromatic nitrogens is 3. The molecular weight excluding hydrogens is 445 g/mol. The number of fused-ring (bicyclic) bond motifs is 1. The summed E-state index contributed by atoms with van der Waals surface area (Å²) >= 11 is 6.16. The number of benzene rings is 1. The van der Waals surface area contributed by atoms with Crippen LogP contribution in [0.2, 0.25) is 5.02 Å². The van der Waals surface area contributed by atoms with E-state index in [9.17, 15) is 9.18 Å². The quantitative estimate of drug-likeness (QED) is 0.441. The second kappa shape index (κ2) is 8.96. The monoisotopic (exact) mass is 467 g/mol. The van der Waals surface area contributed by atoms with Gasteiger partial charge >= 0.3 is 0 Å². The van der Waals surface area contributed by atoms with Crippen molar-refractivity contribution < 1.29 is 13.6 Å². The number of furan rings is 1. The zero-order chi connectivity index (χ0) is 22.9. The zero-order valence-electron chi connectivity index (χ0n) is 18.2. The van der Waals surface area contributed by atoms with Crippen LogP contribution in [0, 0.1) is 12.7 Å². The third-order valence-corrected chi connectivity index (χ3v) is 6.37. The summed E-state index contributed by atoms with van der Waals surface area (Å²) in [6.45, 7) is 5.34. The molecule has 1 amide bonds. The van der Waals surface area contributed by atoms with Gasteiger partial charge in [-0.3, -0.25) is 9.69 Å². The van der Waals surface area contributed by atoms with Crippen LogP contribution in [0.3, 0.4) is 0 Å². The van der Waals surface area contributed by atoms with E-state index >= 15 is 0 Å². The van der Waals surface area contributed by atoms with Crippen LogP contribution in [0.5, 0.6) is 0 Å². The molecule has 4 aromatic rings. The van der Waals surface area contributed by atoms with Crippen LogP contribution in [0.4, 0.5) is 4.39 Å². The Balaban J connectivity index is 1.26. The van der Waals surface area contributed by atoms with Crippen LogP contribution < -0.4 is 0 Å². The van der Waals surface area contributed by atoms with Gasteiger partial charge < -0.3 is 9.32 Å². The van der Waals surface area contributed by atoms with Gasteiger partial charge in [0.15, 0.2) is 5.65 Å². The molecule has 0 saturated carbocycles. The van der Waals surface area contributed by atoms with Gasteiger partial charge in [0.25, 0.3) is 0 Å². The molecule has 1 aliphatic heterocycles. The smallest absolute Gasteiger partial charge is 0.244 e. The molecule has 9 heteroatoms. The van der Waals surface area contributed by atoms with Crippen molar-refractivity contribution in [2.24, 2.45) is 0 Å². The summed E-state index contributed by atoms with van der Waals surface area (Å²) in [5.41, 5.74) is 3.27. The van der Waals surface area contributed by atoms with Crippen LogP contribution >= 0.6 is 11.6 Å². The van der Waals surface area contributed by atoms with E-state index in [1.807, 2.05) is 30.0 Å². The number of pyridine rings is 1. The number of nitrogens with zero attached hydrogens (tertiary/aromatic N) is 5. The number of rotatable bonds is 5. The molecule has 1 aliphatic rings. The maximum Gasteiger partial charge on any atom is 0.244 e. The van der Waals surface area contributed by atoms with Crippen molar-refractivity contribution in [1.29, 1.82) is 0 Å². The highest BCUT2D eigenvalue weighted by atomic mass is 35.5. The Hall–Kier alpha value is -3.23. The van der Waals surface area contributed by atoms with Crippen molar-refractivity contribution in [2.75, 3.05) is 26.2 Å². The molecule has 170 valence electrons. The Labute approximate surface area is 195 Å². The van der Waals surface area contributed by atoms with Gasteiger partial charge in [-0.25, -0.2) is 14.1 Å². The van der Waals surface area contributed by atoms with E-state index in [1.165, 1.54) is 12.1 Å². The summed E-state index contributed by atoms with van der Waals surface area (Å²) < 4.78 is 20.5. The van der Waals surface area contributed by atoms with Crippen LogP contribution in [-0.2, 0) is 17.9 Å². The third kappa shape index (κ3) is 4.36. The second-order valence-corrected chi connectivity index (χ2v) is 8.58. The summed E-state index contributed by atoms with van der Waals surface area (Å²) in [6, 6.07) is 10.1. The summed E-state index contributed by atoms with van der Waals surface area (Å²) in [5.74, 6) is 0.407. The van der Waals surface area contributed by atoms with Crippen molar-refractivity contribution >= 4 is 28.5 Å². The Morgan fingerprint density at radius 2 is 2.00 bits per heavy atom. The van der Waals surface area contributed by atoms with Gasteiger partial charge in [0, 0.05) is 49.5 Å². The molecule has 1 saturated heterocycles. The van der Waals surface area contributed by atoms with Crippen molar-refractivity contribution in [3.05, 3.63) is 71.0 Å². The van der Waals surface area contributed by atoms with Gasteiger partial charge in [0.2, 0.25) is 5.91 Å². The summed E-state index contributed by atoms with van der Waals surface area (Å²) in [6.07, 6.45) is 3.34. The van der Waals surface area contributed by atoms with E-state index in [2.05, 4.69) is 15.0 Å². The predicted octanol–water partition coefficient (Wildman–Crippen LogP) is 4.14. The van der Waals surface area contributed by atoms with Crippen LogP contribution in [0.1, 0.15) is 11.3 Å². The fraction of sp³-hybridized carbons (Fsp3) is 0.292. The highest BCUT2D eigenvalue weighted by Gasteiger charge is 2.24. The van der Waals surface area contributed by atoms with Crippen LogP contribution in [0.25, 0.3) is 22.4 Å². The minimum atomic E-state index is -0.341. The predicted molar refractivity (Wildman–Crippen MR) is 123 cm³/mol. The molecule has 4 heterocycles. The summed E-state index contributed by atoms with van der Waals surface area (Å²) in [7, 11) is 0. The normalized spacial score (nSPS) is 14.8. The first-order valence-electron chi connectivity index (χ1n) is 10.8. The van der Waals surface area contributed by atoms with E-state index in [-0.39, 0.29) is 18.3 Å². The topological polar surface area (TPSA) is 67.4 Å². The fourth-order valence-electron chi connectivity index (χ4n) is 4.30. The molecule has 7 nitrogen and oxygen atoms in total. The molecule has 0 N–H and O–H groups in total. The molecular formula is C24H23ClFN5O2. The SMILES string of the molecule is Cc1nn(CC(=O)N2CCN(Cc3ccc(F)cc3Cl)CC2)c2nccc(-c3ccco3)c12. The minimum Gasteiger partial charge on any atom is -0.464 e. The number of aryl methyl sites for hydroxylation is 1. The molecule has 5 rings (SSSR count). The Morgan fingerprint density at radius 3 is 2.73 bits per heavy atom. The fourth-order valence-corrected chi connectivity index (χ4v) is 4.53. The number of hydrogen-bond acceptors (Lipinski definition) is 5. The van der Waals surface area contributed by atoms with Crippen LogP contribution in [0.15, 0.2) is 53.3 Å². The van der Waals surface area contributed by atoms with E-state index in [4.69, 9.17) is 16.0 Å². The lowest BCUT2D eigenvalue weighted by molar-refractivity contribution is -0.133. The Morgan fingerprint density at radius 1 is 1.18 bits per heavy atom. The molecule has 0 spiro atoms. The van der Waals surface area contributed by atoms with E-state index in [0.717, 1.165) is 41.1 Å². The lowest BCUT2D eigenvalue weighted by atomic mass is 10.1. The minimum absolute atomic E-state index is 0.00377. The second-order valence-electron chi connectivity index (χ2n) is 8.17. The number of carbonyl (C=O) groups is 1. The molecule has 0 unspecified atom stereocenters. The van der Waals surface area contributed by atoms with E-state index in [1.54, 1.807) is 23.2 Å². The molecule has 1 fully saturated rings. The largest absolute Gasteiger partial charge is 0.464 e. The third-order valence-electron chi connectivity index (χ3n) is 6.01. The highest BCUT2D eigenvalue weighted by molar-refractivity contribution is 6.31. The lowest BCUT2D eigenvalue weighted by Gasteiger charge is -2.35. The van der Waals surface area contributed by atoms with Crippen LogP contribution in [-0.4, -0.2) is 56.7 Å². The average Bonchev–Trinajstić information content (AvgIpc) is 3.45. The van der Waals surface area contributed by atoms with Crippen molar-refractivity contribution in [1.82, 2.24) is 24.6 Å². The molecule has 33 heavy (non-hydrogen) atoms. The van der Waals surface area contributed by atoms with Crippen molar-refractivity contribution in [2.45, 2.75) is 20.0 Å². The van der Waals surface area contributed by atoms with Crippen molar-refractivity contribution in [3.63, 3.8) is 0 Å². The molecule has 0 radical (unpaired) electrons. The van der Waals surface area contributed by atoms with E-state index in [0.29, 0.717) is 30.3 Å². The Kier molecular flexibility index (Phi) is 5.86. The number of amides is 1. The maximum absolute atomic E-state index is 13.3. The summed E-state index contributed by atoms with van der Waals surface area (Å²) in [5, 5.41) is 5.91. The number of hydrogen-bond donors (Lipinski definition) is 0. The lowest BCUT2D eigenvalue weighted by Crippen LogP contribution is -2.49. The highest BCUT2D eigenvalue weighted by Crippen LogP contribution is 2.30. The maximum atomic E-state index is 13.3. The van der Waals surface area contributed by atoms with Gasteiger partial charge in [-0.05, 0) is 42.8 Å². The molecule has 0 atom stereocenters. The standard InChI is InChI=1S/C24H23ClFN5O2/c1-16-23-19(21-3-2-12-33-21)6-7-27-24(23)31(28-16)15-22(32)30-10-8-29(9-11-30)14-17-4-5-18(26)13-20(17)25/h2-7,12-13H,8-11,14-15H2,1H3. The van der Waals surface area contributed by atoms with E-state index < -0.39 is 0 Å². The van der Waals surface area contributed by atoms with Gasteiger partial charge in [-0.15, -0.1) is 0 Å². The molecule has 1 aromatic carbocycles. The van der Waals surface area contributed by atoms with Crippen molar-refractivity contribution in [3.8, 4) is 11.3 Å². The molecule has 0 aliphatic carbocycles. The van der Waals surface area contributed by atoms with Gasteiger partial charge in [0.1, 0.15) is 18.1 Å². The number of halogens is 2. The average molecular weight is 468 g/mol. The molecule has 3 aromatic heterocycles. The first-order chi connectivity index (χ1) is 16.0. The first kappa shape index (κ1) is 21.6. The Bertz CT molecular complexity index is 1300.